The zero-order valence-electron chi connectivity index (χ0n) is 16.3. The highest BCUT2D eigenvalue weighted by Gasteiger charge is 2.68. The van der Waals surface area contributed by atoms with Crippen molar-refractivity contribution in [1.29, 1.82) is 0 Å². The van der Waals surface area contributed by atoms with Crippen LogP contribution in [-0.2, 0) is 9.59 Å². The highest BCUT2D eigenvalue weighted by Crippen LogP contribution is 2.71. The van der Waals surface area contributed by atoms with Crippen molar-refractivity contribution in [1.82, 2.24) is 0 Å². The number of hydrogen-bond acceptors (Lipinski definition) is 4. The zero-order chi connectivity index (χ0) is 18.9. The third kappa shape index (κ3) is 2.09. The molecule has 4 nitrogen and oxygen atoms in total. The smallest absolute Gasteiger partial charge is 0.161 e. The molecule has 3 fully saturated rings. The first-order valence-electron chi connectivity index (χ1n) is 10.2. The van der Waals surface area contributed by atoms with Crippen molar-refractivity contribution in [2.24, 2.45) is 34.0 Å². The number of ketones is 2. The second kappa shape index (κ2) is 5.75. The minimum absolute atomic E-state index is 0.0586. The summed E-state index contributed by atoms with van der Waals surface area (Å²) in [6.45, 7) is 6.28. The van der Waals surface area contributed by atoms with Gasteiger partial charge in [-0.25, -0.2) is 0 Å². The molecule has 3 saturated carbocycles. The first-order valence-corrected chi connectivity index (χ1v) is 10.2. The van der Waals surface area contributed by atoms with Crippen molar-refractivity contribution in [3.8, 4) is 0 Å². The van der Waals surface area contributed by atoms with Crippen LogP contribution >= 0.6 is 0 Å². The summed E-state index contributed by atoms with van der Waals surface area (Å²) in [5.41, 5.74) is 0.630. The van der Waals surface area contributed by atoms with Crippen LogP contribution in [-0.4, -0.2) is 34.5 Å². The van der Waals surface area contributed by atoms with Crippen LogP contribution in [0.1, 0.15) is 65.7 Å². The van der Waals surface area contributed by atoms with Crippen LogP contribution in [0.3, 0.4) is 0 Å². The summed E-state index contributed by atoms with van der Waals surface area (Å²) in [4.78, 5) is 24.4. The highest BCUT2D eigenvalue weighted by molar-refractivity contribution is 5.91. The highest BCUT2D eigenvalue weighted by atomic mass is 16.3. The zero-order valence-corrected chi connectivity index (χ0v) is 16.3. The Bertz CT molecular complexity index is 682. The minimum Gasteiger partial charge on any atom is -0.392 e. The Labute approximate surface area is 156 Å². The van der Waals surface area contributed by atoms with Gasteiger partial charge in [0.1, 0.15) is 6.61 Å². The van der Waals surface area contributed by atoms with E-state index in [0.29, 0.717) is 24.7 Å². The molecule has 144 valence electrons. The van der Waals surface area contributed by atoms with Gasteiger partial charge in [-0.15, -0.1) is 0 Å². The number of carbonyl (C=O) groups is 2. The third-order valence-electron chi connectivity index (χ3n) is 9.36. The maximum Gasteiger partial charge on any atom is 0.161 e. The fraction of sp³-hybridized carbons (Fsp3) is 0.818. The molecule has 0 radical (unpaired) electrons. The number of fused-ring (bicyclic) bond motifs is 5. The maximum atomic E-state index is 12.4. The topological polar surface area (TPSA) is 74.6 Å². The maximum absolute atomic E-state index is 12.4. The van der Waals surface area contributed by atoms with E-state index >= 15 is 0 Å². The van der Waals surface area contributed by atoms with Gasteiger partial charge in [-0.3, -0.25) is 9.59 Å². The van der Waals surface area contributed by atoms with Crippen LogP contribution < -0.4 is 0 Å². The fourth-order valence-corrected chi connectivity index (χ4v) is 7.66. The molecule has 4 aliphatic rings. The SMILES string of the molecule is C[C@]12CC(O)[C@@]3(C)[C@@H](CCC4=CC(=O)CC[C@@]43C)[C@@H]1CC[C@@H]2C(=O)CO. The van der Waals surface area contributed by atoms with Crippen molar-refractivity contribution >= 4 is 11.6 Å². The van der Waals surface area contributed by atoms with Gasteiger partial charge in [0, 0.05) is 17.8 Å². The van der Waals surface area contributed by atoms with Gasteiger partial charge in [0.2, 0.25) is 0 Å². The van der Waals surface area contributed by atoms with Gasteiger partial charge >= 0.3 is 0 Å². The molecule has 26 heavy (non-hydrogen) atoms. The Kier molecular flexibility index (Phi) is 4.06. The molecule has 0 aromatic carbocycles. The molecular formula is C22H32O4. The number of rotatable bonds is 2. The average molecular weight is 360 g/mol. The van der Waals surface area contributed by atoms with Crippen LogP contribution in [0.25, 0.3) is 0 Å². The van der Waals surface area contributed by atoms with Gasteiger partial charge in [-0.1, -0.05) is 26.3 Å². The minimum atomic E-state index is -0.484. The molecule has 4 rings (SSSR count). The normalized spacial score (nSPS) is 50.5. The molecule has 0 spiro atoms. The van der Waals surface area contributed by atoms with E-state index in [9.17, 15) is 19.8 Å². The molecule has 0 amide bonds. The van der Waals surface area contributed by atoms with Gasteiger partial charge in [0.25, 0.3) is 0 Å². The van der Waals surface area contributed by atoms with E-state index in [-0.39, 0.29) is 33.7 Å². The van der Waals surface area contributed by atoms with E-state index in [1.807, 2.05) is 6.08 Å². The quantitative estimate of drug-likeness (QED) is 0.794. The molecule has 0 bridgehead atoms. The molecular weight excluding hydrogens is 328 g/mol. The lowest BCUT2D eigenvalue weighted by Crippen LogP contribution is -2.63. The summed E-state index contributed by atoms with van der Waals surface area (Å²) >= 11 is 0. The van der Waals surface area contributed by atoms with Crippen LogP contribution in [0.2, 0.25) is 0 Å². The van der Waals surface area contributed by atoms with Crippen molar-refractivity contribution in [2.75, 3.05) is 6.61 Å². The second-order valence-corrected chi connectivity index (χ2v) is 9.98. The lowest BCUT2D eigenvalue weighted by molar-refractivity contribution is -0.191. The van der Waals surface area contributed by atoms with Gasteiger partial charge < -0.3 is 10.2 Å². The molecule has 0 aromatic heterocycles. The predicted octanol–water partition coefficient (Wildman–Crippen LogP) is 3.06. The largest absolute Gasteiger partial charge is 0.392 e. The number of Topliss-reactive ketones (excluding diaryl/α,β-unsaturated/α-hetero) is 1. The van der Waals surface area contributed by atoms with Crippen LogP contribution in [0, 0.1) is 34.0 Å². The summed E-state index contributed by atoms with van der Waals surface area (Å²) < 4.78 is 0. The van der Waals surface area contributed by atoms with Crippen LogP contribution in [0.15, 0.2) is 11.6 Å². The Morgan fingerprint density at radius 2 is 1.88 bits per heavy atom. The summed E-state index contributed by atoms with van der Waals surface area (Å²) in [6.07, 6.45) is 7.15. The average Bonchev–Trinajstić information content (AvgIpc) is 2.93. The predicted molar refractivity (Wildman–Crippen MR) is 98.3 cm³/mol. The van der Waals surface area contributed by atoms with E-state index in [2.05, 4.69) is 20.8 Å². The Morgan fingerprint density at radius 3 is 2.58 bits per heavy atom. The van der Waals surface area contributed by atoms with E-state index in [1.165, 1.54) is 5.57 Å². The summed E-state index contributed by atoms with van der Waals surface area (Å²) in [7, 11) is 0. The molecule has 7 atom stereocenters. The van der Waals surface area contributed by atoms with Crippen molar-refractivity contribution in [3.63, 3.8) is 0 Å². The molecule has 4 aliphatic carbocycles. The Balaban J connectivity index is 1.77. The first kappa shape index (κ1) is 18.4. The summed E-state index contributed by atoms with van der Waals surface area (Å²) in [5.74, 6) is 0.811. The number of aliphatic hydroxyl groups is 2. The second-order valence-electron chi connectivity index (χ2n) is 9.98. The van der Waals surface area contributed by atoms with E-state index in [1.54, 1.807) is 0 Å². The summed E-state index contributed by atoms with van der Waals surface area (Å²) in [5, 5.41) is 20.8. The molecule has 0 saturated heterocycles. The molecule has 0 aromatic rings. The van der Waals surface area contributed by atoms with Crippen molar-refractivity contribution in [3.05, 3.63) is 11.6 Å². The molecule has 4 heteroatoms. The Hall–Kier alpha value is -1.00. The molecule has 0 aliphatic heterocycles. The first-order chi connectivity index (χ1) is 12.2. The van der Waals surface area contributed by atoms with Crippen LogP contribution in [0.5, 0.6) is 0 Å². The standard InChI is InChI=1S/C22H32O4/c1-20-11-19(26)22(3)16(15(20)6-7-17(20)18(25)12-23)5-4-13-10-14(24)8-9-21(13,22)2/h10,15-17,19,23,26H,4-9,11-12H2,1-3H3/t15-,16-,17+,19?,20-,21-,22+/m0/s1. The number of aliphatic hydroxyl groups excluding tert-OH is 2. The van der Waals surface area contributed by atoms with Gasteiger partial charge in [0.15, 0.2) is 11.6 Å². The lowest BCUT2D eigenvalue weighted by atomic mass is 9.39. The monoisotopic (exact) mass is 360 g/mol. The molecule has 1 unspecified atom stereocenters. The number of carbonyl (C=O) groups excluding carboxylic acids is 2. The van der Waals surface area contributed by atoms with Crippen LogP contribution in [0.4, 0.5) is 0 Å². The van der Waals surface area contributed by atoms with E-state index in [0.717, 1.165) is 32.1 Å². The van der Waals surface area contributed by atoms with Crippen molar-refractivity contribution < 1.29 is 19.8 Å². The molecule has 2 N–H and O–H groups in total. The Morgan fingerprint density at radius 1 is 1.15 bits per heavy atom. The number of hydrogen-bond donors (Lipinski definition) is 2. The number of allylic oxidation sites excluding steroid dienone is 1. The van der Waals surface area contributed by atoms with Gasteiger partial charge in [-0.05, 0) is 67.3 Å². The molecule has 0 heterocycles. The van der Waals surface area contributed by atoms with Crippen molar-refractivity contribution in [2.45, 2.75) is 71.8 Å². The third-order valence-corrected chi connectivity index (χ3v) is 9.36. The fourth-order valence-electron chi connectivity index (χ4n) is 7.66. The van der Waals surface area contributed by atoms with E-state index < -0.39 is 12.7 Å². The summed E-state index contributed by atoms with van der Waals surface area (Å²) in [6, 6.07) is 0. The van der Waals surface area contributed by atoms with Gasteiger partial charge in [-0.2, -0.15) is 0 Å². The lowest BCUT2D eigenvalue weighted by Gasteiger charge is -2.66. The van der Waals surface area contributed by atoms with Gasteiger partial charge in [0.05, 0.1) is 6.10 Å². The van der Waals surface area contributed by atoms with E-state index in [4.69, 9.17) is 0 Å².